The summed E-state index contributed by atoms with van der Waals surface area (Å²) in [5.41, 5.74) is 0. The van der Waals surface area contributed by atoms with E-state index in [0.717, 1.165) is 12.8 Å². The number of rotatable bonds is 8. The maximum absolute atomic E-state index is 13.7. The van der Waals surface area contributed by atoms with E-state index in [4.69, 9.17) is 14.2 Å². The van der Waals surface area contributed by atoms with Crippen molar-refractivity contribution in [2.75, 3.05) is 20.8 Å². The first-order valence-corrected chi connectivity index (χ1v) is 11.6. The monoisotopic (exact) mass is 446 g/mol. The lowest BCUT2D eigenvalue weighted by molar-refractivity contribution is -0.124. The number of carbonyl (C=O) groups is 1. The number of nitrogens with one attached hydrogen (secondary N) is 1. The number of hydrogen-bond acceptors (Lipinski definition) is 6. The Labute approximate surface area is 182 Å². The minimum Gasteiger partial charge on any atom is -0.497 e. The topological polar surface area (TPSA) is 94.2 Å². The van der Waals surface area contributed by atoms with Crippen molar-refractivity contribution >= 4 is 15.9 Å². The predicted molar refractivity (Wildman–Crippen MR) is 114 cm³/mol. The number of para-hydroxylation sites is 1. The Hall–Kier alpha value is -2.78. The molecule has 4 rings (SSSR count). The molecule has 0 unspecified atom stereocenters. The van der Waals surface area contributed by atoms with Crippen molar-refractivity contribution in [3.8, 4) is 17.2 Å². The van der Waals surface area contributed by atoms with Gasteiger partial charge < -0.3 is 19.5 Å². The van der Waals surface area contributed by atoms with Crippen molar-refractivity contribution in [3.63, 3.8) is 0 Å². The SMILES string of the molecule is COc1ccc(OC)c(S(=O)(=O)N2C[C@@H](Oc3ccccc3)C[C@H]2C(=O)NC2CC2)c1. The third-order valence-corrected chi connectivity index (χ3v) is 7.34. The summed E-state index contributed by atoms with van der Waals surface area (Å²) < 4.78 is 45.0. The fourth-order valence-corrected chi connectivity index (χ4v) is 5.49. The Morgan fingerprint density at radius 3 is 2.42 bits per heavy atom. The Balaban J connectivity index is 1.66. The van der Waals surface area contributed by atoms with E-state index < -0.39 is 22.2 Å². The third kappa shape index (κ3) is 4.62. The van der Waals surface area contributed by atoms with Crippen molar-refractivity contribution in [1.29, 1.82) is 0 Å². The zero-order valence-electron chi connectivity index (χ0n) is 17.5. The number of benzene rings is 2. The number of ether oxygens (including phenoxy) is 3. The van der Waals surface area contributed by atoms with Gasteiger partial charge in [0.25, 0.3) is 0 Å². The molecular weight excluding hydrogens is 420 g/mol. The van der Waals surface area contributed by atoms with Gasteiger partial charge in [-0.25, -0.2) is 8.42 Å². The van der Waals surface area contributed by atoms with Crippen molar-refractivity contribution in [2.45, 2.75) is 42.3 Å². The van der Waals surface area contributed by atoms with Crippen LogP contribution >= 0.6 is 0 Å². The van der Waals surface area contributed by atoms with Crippen LogP contribution in [0.1, 0.15) is 19.3 Å². The summed E-state index contributed by atoms with van der Waals surface area (Å²) in [6, 6.07) is 13.0. The zero-order chi connectivity index (χ0) is 22.0. The van der Waals surface area contributed by atoms with E-state index in [0.29, 0.717) is 11.5 Å². The number of sulfonamides is 1. The summed E-state index contributed by atoms with van der Waals surface area (Å²) in [5, 5.41) is 2.93. The molecule has 0 spiro atoms. The molecule has 2 aromatic rings. The molecule has 31 heavy (non-hydrogen) atoms. The number of amides is 1. The number of nitrogens with zero attached hydrogens (tertiary/aromatic N) is 1. The highest BCUT2D eigenvalue weighted by Gasteiger charge is 2.46. The van der Waals surface area contributed by atoms with Gasteiger partial charge in [-0.05, 0) is 37.1 Å². The van der Waals surface area contributed by atoms with Gasteiger partial charge in [0.1, 0.15) is 34.3 Å². The predicted octanol–water partition coefficient (Wildman–Crippen LogP) is 2.19. The first kappa shape index (κ1) is 21.5. The molecule has 166 valence electrons. The van der Waals surface area contributed by atoms with E-state index >= 15 is 0 Å². The minimum absolute atomic E-state index is 0.0427. The second kappa shape index (κ2) is 8.76. The summed E-state index contributed by atoms with van der Waals surface area (Å²) in [6.45, 7) is 0.0559. The van der Waals surface area contributed by atoms with Crippen LogP contribution in [-0.2, 0) is 14.8 Å². The lowest BCUT2D eigenvalue weighted by Crippen LogP contribution is -2.46. The second-order valence-corrected chi connectivity index (χ2v) is 9.54. The molecule has 2 fully saturated rings. The minimum atomic E-state index is -4.06. The van der Waals surface area contributed by atoms with Crippen LogP contribution < -0.4 is 19.5 Å². The molecule has 1 heterocycles. The summed E-state index contributed by atoms with van der Waals surface area (Å²) in [5.74, 6) is 0.906. The highest BCUT2D eigenvalue weighted by Crippen LogP contribution is 2.35. The van der Waals surface area contributed by atoms with Gasteiger partial charge in [-0.1, -0.05) is 18.2 Å². The van der Waals surface area contributed by atoms with Gasteiger partial charge in [-0.15, -0.1) is 0 Å². The van der Waals surface area contributed by atoms with Crippen LogP contribution in [0, 0.1) is 0 Å². The average Bonchev–Trinajstić information content (AvgIpc) is 3.49. The largest absolute Gasteiger partial charge is 0.497 e. The average molecular weight is 447 g/mol. The fraction of sp³-hybridized carbons (Fsp3) is 0.409. The van der Waals surface area contributed by atoms with Crippen molar-refractivity contribution < 1.29 is 27.4 Å². The van der Waals surface area contributed by atoms with E-state index in [1.54, 1.807) is 12.1 Å². The molecule has 1 N–H and O–H groups in total. The first-order chi connectivity index (χ1) is 14.9. The highest BCUT2D eigenvalue weighted by atomic mass is 32.2. The van der Waals surface area contributed by atoms with Crippen LogP contribution in [0.5, 0.6) is 17.2 Å². The molecule has 0 aromatic heterocycles. The molecular formula is C22H26N2O6S. The van der Waals surface area contributed by atoms with Gasteiger partial charge in [-0.2, -0.15) is 4.31 Å². The molecule has 1 saturated heterocycles. The van der Waals surface area contributed by atoms with Crippen molar-refractivity contribution in [3.05, 3.63) is 48.5 Å². The Morgan fingerprint density at radius 1 is 1.03 bits per heavy atom. The van der Waals surface area contributed by atoms with E-state index in [9.17, 15) is 13.2 Å². The van der Waals surface area contributed by atoms with Gasteiger partial charge >= 0.3 is 0 Å². The summed E-state index contributed by atoms with van der Waals surface area (Å²) >= 11 is 0. The summed E-state index contributed by atoms with van der Waals surface area (Å²) in [7, 11) is -1.19. The lowest BCUT2D eigenvalue weighted by Gasteiger charge is -2.24. The smallest absolute Gasteiger partial charge is 0.247 e. The first-order valence-electron chi connectivity index (χ1n) is 10.2. The molecule has 2 atom stereocenters. The Morgan fingerprint density at radius 2 is 1.77 bits per heavy atom. The van der Waals surface area contributed by atoms with Crippen LogP contribution in [0.25, 0.3) is 0 Å². The van der Waals surface area contributed by atoms with E-state index in [-0.39, 0.29) is 35.6 Å². The molecule has 1 amide bonds. The molecule has 1 saturated carbocycles. The Bertz CT molecular complexity index is 1040. The highest BCUT2D eigenvalue weighted by molar-refractivity contribution is 7.89. The van der Waals surface area contributed by atoms with Gasteiger partial charge in [-0.3, -0.25) is 4.79 Å². The zero-order valence-corrected chi connectivity index (χ0v) is 18.3. The van der Waals surface area contributed by atoms with E-state index in [2.05, 4.69) is 5.32 Å². The summed E-state index contributed by atoms with van der Waals surface area (Å²) in [4.78, 5) is 12.9. The standard InChI is InChI=1S/C22H26N2O6S/c1-28-17-10-11-20(29-2)21(13-17)31(26,27)24-14-18(30-16-6-4-3-5-7-16)12-19(24)22(25)23-15-8-9-15/h3-7,10-11,13,15,18-19H,8-9,12,14H2,1-2H3,(H,23,25)/t18-,19-/m0/s1. The second-order valence-electron chi connectivity index (χ2n) is 7.68. The normalized spacial score (nSPS) is 21.5. The Kier molecular flexibility index (Phi) is 6.06. The molecule has 2 aromatic carbocycles. The molecule has 9 heteroatoms. The van der Waals surface area contributed by atoms with Crippen LogP contribution in [0.4, 0.5) is 0 Å². The molecule has 1 aliphatic carbocycles. The van der Waals surface area contributed by atoms with E-state index in [1.165, 1.54) is 24.6 Å². The van der Waals surface area contributed by atoms with Gasteiger partial charge in [0, 0.05) is 18.5 Å². The molecule has 0 radical (unpaired) electrons. The van der Waals surface area contributed by atoms with Crippen LogP contribution in [0.2, 0.25) is 0 Å². The lowest BCUT2D eigenvalue weighted by atomic mass is 10.2. The number of hydrogen-bond donors (Lipinski definition) is 1. The van der Waals surface area contributed by atoms with Crippen LogP contribution in [-0.4, -0.2) is 57.6 Å². The van der Waals surface area contributed by atoms with Gasteiger partial charge in [0.15, 0.2) is 0 Å². The fourth-order valence-electron chi connectivity index (χ4n) is 3.69. The number of methoxy groups -OCH3 is 2. The van der Waals surface area contributed by atoms with Crippen LogP contribution in [0.15, 0.2) is 53.4 Å². The van der Waals surface area contributed by atoms with Crippen molar-refractivity contribution in [1.82, 2.24) is 9.62 Å². The maximum Gasteiger partial charge on any atom is 0.247 e. The molecule has 0 bridgehead atoms. The van der Waals surface area contributed by atoms with E-state index in [1.807, 2.05) is 30.3 Å². The molecule has 8 nitrogen and oxygen atoms in total. The van der Waals surface area contributed by atoms with Gasteiger partial charge in [0.2, 0.25) is 15.9 Å². The van der Waals surface area contributed by atoms with Crippen molar-refractivity contribution in [2.24, 2.45) is 0 Å². The molecule has 1 aliphatic heterocycles. The maximum atomic E-state index is 13.7. The quantitative estimate of drug-likeness (QED) is 0.668. The van der Waals surface area contributed by atoms with Gasteiger partial charge in [0.05, 0.1) is 20.8 Å². The third-order valence-electron chi connectivity index (χ3n) is 5.45. The number of carbonyl (C=O) groups excluding carboxylic acids is 1. The molecule has 2 aliphatic rings. The van der Waals surface area contributed by atoms with Crippen LogP contribution in [0.3, 0.4) is 0 Å². The summed E-state index contributed by atoms with van der Waals surface area (Å²) in [6.07, 6.45) is 1.64.